The zero-order chi connectivity index (χ0) is 10.4. The molecular formula is C12H15BO2. The Labute approximate surface area is 90.4 Å². The highest BCUT2D eigenvalue weighted by atomic mass is 16.5. The summed E-state index contributed by atoms with van der Waals surface area (Å²) in [6.45, 7) is 2.10. The predicted octanol–water partition coefficient (Wildman–Crippen LogP) is 1.34. The molecule has 0 aromatic heterocycles. The maximum atomic E-state index is 9.79. The average Bonchev–Trinajstić information content (AvgIpc) is 2.81. The molecular weight excluding hydrogens is 187 g/mol. The van der Waals surface area contributed by atoms with E-state index in [0.717, 1.165) is 18.3 Å². The van der Waals surface area contributed by atoms with E-state index in [9.17, 15) is 5.02 Å². The van der Waals surface area contributed by atoms with Crippen LogP contribution in [0.25, 0.3) is 0 Å². The van der Waals surface area contributed by atoms with Gasteiger partial charge in [0.1, 0.15) is 0 Å². The van der Waals surface area contributed by atoms with Crippen LogP contribution in [0.15, 0.2) is 12.1 Å². The van der Waals surface area contributed by atoms with Gasteiger partial charge in [0.05, 0.1) is 6.10 Å². The Bertz CT molecular complexity index is 403. The van der Waals surface area contributed by atoms with Crippen molar-refractivity contribution < 1.29 is 9.68 Å². The Hall–Kier alpha value is -0.795. The number of aryl methyl sites for hydroxylation is 2. The van der Waals surface area contributed by atoms with Gasteiger partial charge in [-0.1, -0.05) is 19.1 Å². The molecule has 0 spiro atoms. The predicted molar refractivity (Wildman–Crippen MR) is 60.2 cm³/mol. The summed E-state index contributed by atoms with van der Waals surface area (Å²) in [6, 6.07) is 4.40. The van der Waals surface area contributed by atoms with Crippen molar-refractivity contribution >= 4 is 12.6 Å². The van der Waals surface area contributed by atoms with E-state index >= 15 is 0 Å². The standard InChI is InChI=1S/C12H15BO2/c1-2-12-10-6-8-4-3-5-9(8)7-11(10)13(14)15-12/h6-7,12,14H,2-5H2,1H3. The molecule has 0 radical (unpaired) electrons. The minimum absolute atomic E-state index is 0.0981. The molecule has 3 rings (SSSR count). The van der Waals surface area contributed by atoms with Crippen LogP contribution >= 0.6 is 0 Å². The minimum Gasteiger partial charge on any atom is -0.423 e. The minimum atomic E-state index is -0.698. The highest BCUT2D eigenvalue weighted by Crippen LogP contribution is 2.31. The monoisotopic (exact) mass is 202 g/mol. The molecule has 2 aliphatic rings. The molecule has 1 aliphatic carbocycles. The summed E-state index contributed by atoms with van der Waals surface area (Å²) < 4.78 is 5.52. The van der Waals surface area contributed by atoms with E-state index in [1.807, 2.05) is 0 Å². The summed E-state index contributed by atoms with van der Waals surface area (Å²) in [5, 5.41) is 9.79. The first-order valence-corrected chi connectivity index (χ1v) is 5.78. The normalized spacial score (nSPS) is 23.1. The van der Waals surface area contributed by atoms with E-state index < -0.39 is 7.12 Å². The quantitative estimate of drug-likeness (QED) is 0.696. The number of fused-ring (bicyclic) bond motifs is 2. The third-order valence-corrected chi connectivity index (χ3v) is 3.57. The number of hydrogen-bond acceptors (Lipinski definition) is 2. The number of hydrogen-bond donors (Lipinski definition) is 1. The summed E-state index contributed by atoms with van der Waals surface area (Å²) in [7, 11) is -0.698. The third kappa shape index (κ3) is 1.34. The SMILES string of the molecule is CCC1OB(O)c2cc3c(cc21)CCC3. The lowest BCUT2D eigenvalue weighted by Crippen LogP contribution is -2.28. The van der Waals surface area contributed by atoms with Gasteiger partial charge in [-0.25, -0.2) is 0 Å². The van der Waals surface area contributed by atoms with Gasteiger partial charge in [0.15, 0.2) is 0 Å². The molecule has 1 atom stereocenters. The smallest absolute Gasteiger partial charge is 0.423 e. The molecule has 1 heterocycles. The van der Waals surface area contributed by atoms with Crippen LogP contribution in [-0.4, -0.2) is 12.1 Å². The summed E-state index contributed by atoms with van der Waals surface area (Å²) in [4.78, 5) is 0. The lowest BCUT2D eigenvalue weighted by atomic mass is 9.77. The van der Waals surface area contributed by atoms with Gasteiger partial charge in [0.2, 0.25) is 0 Å². The molecule has 1 aliphatic heterocycles. The fourth-order valence-electron chi connectivity index (χ4n) is 2.77. The van der Waals surface area contributed by atoms with Crippen molar-refractivity contribution in [2.75, 3.05) is 0 Å². The molecule has 1 aromatic rings. The second-order valence-electron chi connectivity index (χ2n) is 4.49. The van der Waals surface area contributed by atoms with Gasteiger partial charge in [-0.05, 0) is 47.8 Å². The first kappa shape index (κ1) is 9.43. The second-order valence-corrected chi connectivity index (χ2v) is 4.49. The number of rotatable bonds is 1. The molecule has 15 heavy (non-hydrogen) atoms. The van der Waals surface area contributed by atoms with E-state index in [-0.39, 0.29) is 6.10 Å². The van der Waals surface area contributed by atoms with E-state index in [1.165, 1.54) is 29.5 Å². The van der Waals surface area contributed by atoms with Crippen LogP contribution in [0.2, 0.25) is 0 Å². The summed E-state index contributed by atoms with van der Waals surface area (Å²) in [5.41, 5.74) is 5.09. The van der Waals surface area contributed by atoms with Crippen molar-refractivity contribution in [2.24, 2.45) is 0 Å². The van der Waals surface area contributed by atoms with Crippen molar-refractivity contribution in [3.8, 4) is 0 Å². The van der Waals surface area contributed by atoms with Crippen molar-refractivity contribution in [3.05, 3.63) is 28.8 Å². The van der Waals surface area contributed by atoms with E-state index in [1.54, 1.807) is 0 Å². The second kappa shape index (κ2) is 3.36. The zero-order valence-electron chi connectivity index (χ0n) is 8.99. The van der Waals surface area contributed by atoms with Gasteiger partial charge in [-0.3, -0.25) is 0 Å². The Morgan fingerprint density at radius 2 is 2.13 bits per heavy atom. The third-order valence-electron chi connectivity index (χ3n) is 3.57. The lowest BCUT2D eigenvalue weighted by molar-refractivity contribution is 0.186. The molecule has 2 nitrogen and oxygen atoms in total. The summed E-state index contributed by atoms with van der Waals surface area (Å²) in [6.07, 6.45) is 4.64. The fourth-order valence-corrected chi connectivity index (χ4v) is 2.77. The first-order valence-electron chi connectivity index (χ1n) is 5.78. The Kier molecular flexibility index (Phi) is 2.11. The van der Waals surface area contributed by atoms with Crippen LogP contribution < -0.4 is 5.46 Å². The van der Waals surface area contributed by atoms with Gasteiger partial charge >= 0.3 is 7.12 Å². The van der Waals surface area contributed by atoms with Gasteiger partial charge in [-0.15, -0.1) is 0 Å². The van der Waals surface area contributed by atoms with E-state index in [2.05, 4.69) is 19.1 Å². The number of benzene rings is 1. The van der Waals surface area contributed by atoms with Crippen LogP contribution in [0, 0.1) is 0 Å². The maximum absolute atomic E-state index is 9.79. The largest absolute Gasteiger partial charge is 0.491 e. The molecule has 1 aromatic carbocycles. The molecule has 0 saturated carbocycles. The summed E-state index contributed by atoms with van der Waals surface area (Å²) in [5.74, 6) is 0. The van der Waals surface area contributed by atoms with E-state index in [0.29, 0.717) is 0 Å². The Morgan fingerprint density at radius 3 is 2.87 bits per heavy atom. The van der Waals surface area contributed by atoms with Crippen LogP contribution in [-0.2, 0) is 17.5 Å². The first-order chi connectivity index (χ1) is 7.29. The summed E-state index contributed by atoms with van der Waals surface area (Å²) >= 11 is 0. The topological polar surface area (TPSA) is 29.5 Å². The van der Waals surface area contributed by atoms with Gasteiger partial charge in [0, 0.05) is 0 Å². The van der Waals surface area contributed by atoms with Crippen molar-refractivity contribution in [2.45, 2.75) is 38.7 Å². The van der Waals surface area contributed by atoms with Crippen LogP contribution in [0.1, 0.15) is 42.6 Å². The molecule has 78 valence electrons. The highest BCUT2D eigenvalue weighted by Gasteiger charge is 2.35. The lowest BCUT2D eigenvalue weighted by Gasteiger charge is -2.09. The van der Waals surface area contributed by atoms with Gasteiger partial charge in [0.25, 0.3) is 0 Å². The molecule has 0 fully saturated rings. The van der Waals surface area contributed by atoms with E-state index in [4.69, 9.17) is 4.65 Å². The highest BCUT2D eigenvalue weighted by molar-refractivity contribution is 6.61. The molecule has 0 bridgehead atoms. The molecule has 1 unspecified atom stereocenters. The Balaban J connectivity index is 2.11. The molecule has 1 N–H and O–H groups in total. The van der Waals surface area contributed by atoms with Crippen molar-refractivity contribution in [3.63, 3.8) is 0 Å². The van der Waals surface area contributed by atoms with Crippen LogP contribution in [0.5, 0.6) is 0 Å². The van der Waals surface area contributed by atoms with Crippen molar-refractivity contribution in [1.82, 2.24) is 0 Å². The molecule has 0 saturated heterocycles. The van der Waals surface area contributed by atoms with Gasteiger partial charge < -0.3 is 9.68 Å². The fraction of sp³-hybridized carbons (Fsp3) is 0.500. The molecule has 0 amide bonds. The van der Waals surface area contributed by atoms with Crippen LogP contribution in [0.3, 0.4) is 0 Å². The van der Waals surface area contributed by atoms with Crippen molar-refractivity contribution in [1.29, 1.82) is 0 Å². The average molecular weight is 202 g/mol. The van der Waals surface area contributed by atoms with Crippen LogP contribution in [0.4, 0.5) is 0 Å². The molecule has 3 heteroatoms. The Morgan fingerprint density at radius 1 is 1.40 bits per heavy atom. The zero-order valence-corrected chi connectivity index (χ0v) is 8.99. The maximum Gasteiger partial charge on any atom is 0.491 e. The van der Waals surface area contributed by atoms with Gasteiger partial charge in [-0.2, -0.15) is 0 Å².